The standard InChI is InChI=1S/C29H31ClN2O3/c1-2-31-18-10-11-19-32(29(34)24-14-6-8-16-26(24)30)23(20-22-12-4-3-5-13-22)21-35-27-17-9-7-15-25(27)28(31)33/h3-9,12-17,23H,2,10-11,18-21H2,1H3/t23-/m1/s1. The molecule has 0 aromatic heterocycles. The number of carbonyl (C=O) groups is 2. The molecular formula is C29H31ClN2O3. The first-order valence-corrected chi connectivity index (χ1v) is 12.6. The van der Waals surface area contributed by atoms with Crippen LogP contribution in [0.25, 0.3) is 0 Å². The topological polar surface area (TPSA) is 49.9 Å². The van der Waals surface area contributed by atoms with Gasteiger partial charge in [0.1, 0.15) is 12.4 Å². The van der Waals surface area contributed by atoms with E-state index in [1.807, 2.05) is 71.3 Å². The van der Waals surface area contributed by atoms with Gasteiger partial charge in [-0.3, -0.25) is 9.59 Å². The summed E-state index contributed by atoms with van der Waals surface area (Å²) in [6.45, 7) is 4.05. The summed E-state index contributed by atoms with van der Waals surface area (Å²) in [5.41, 5.74) is 2.16. The van der Waals surface area contributed by atoms with Crippen LogP contribution in [0.5, 0.6) is 5.75 Å². The number of hydrogen-bond donors (Lipinski definition) is 0. The van der Waals surface area contributed by atoms with Gasteiger partial charge in [0.25, 0.3) is 11.8 Å². The number of para-hydroxylation sites is 1. The molecule has 0 bridgehead atoms. The van der Waals surface area contributed by atoms with E-state index in [1.54, 1.807) is 12.1 Å². The maximum atomic E-state index is 13.8. The van der Waals surface area contributed by atoms with Crippen molar-refractivity contribution >= 4 is 23.4 Å². The molecule has 2 amide bonds. The van der Waals surface area contributed by atoms with E-state index in [0.717, 1.165) is 18.4 Å². The lowest BCUT2D eigenvalue weighted by Gasteiger charge is -2.33. The fourth-order valence-corrected chi connectivity index (χ4v) is 4.71. The average Bonchev–Trinajstić information content (AvgIpc) is 2.89. The van der Waals surface area contributed by atoms with Crippen LogP contribution in [-0.4, -0.2) is 53.9 Å². The van der Waals surface area contributed by atoms with Gasteiger partial charge in [0.15, 0.2) is 0 Å². The second-order valence-electron chi connectivity index (χ2n) is 8.72. The Balaban J connectivity index is 1.71. The van der Waals surface area contributed by atoms with E-state index in [4.69, 9.17) is 16.3 Å². The zero-order valence-corrected chi connectivity index (χ0v) is 20.8. The molecule has 0 radical (unpaired) electrons. The Morgan fingerprint density at radius 3 is 2.40 bits per heavy atom. The van der Waals surface area contributed by atoms with Crippen molar-refractivity contribution in [1.29, 1.82) is 0 Å². The second-order valence-corrected chi connectivity index (χ2v) is 9.13. The quantitative estimate of drug-likeness (QED) is 0.469. The number of ether oxygens (including phenoxy) is 1. The highest BCUT2D eigenvalue weighted by molar-refractivity contribution is 6.33. The monoisotopic (exact) mass is 490 g/mol. The van der Waals surface area contributed by atoms with Gasteiger partial charge in [0, 0.05) is 19.6 Å². The zero-order valence-electron chi connectivity index (χ0n) is 20.0. The predicted molar refractivity (Wildman–Crippen MR) is 139 cm³/mol. The normalized spacial score (nSPS) is 17.1. The lowest BCUT2D eigenvalue weighted by Crippen LogP contribution is -2.46. The van der Waals surface area contributed by atoms with Crippen LogP contribution in [0.2, 0.25) is 5.02 Å². The molecule has 0 saturated carbocycles. The van der Waals surface area contributed by atoms with Crippen molar-refractivity contribution < 1.29 is 14.3 Å². The first-order chi connectivity index (χ1) is 17.1. The summed E-state index contributed by atoms with van der Waals surface area (Å²) in [5, 5.41) is 0.441. The number of carbonyl (C=O) groups excluding carboxylic acids is 2. The number of nitrogens with zero attached hydrogens (tertiary/aromatic N) is 2. The summed E-state index contributed by atoms with van der Waals surface area (Å²) in [6, 6.07) is 24.4. The minimum absolute atomic E-state index is 0.0210. The minimum Gasteiger partial charge on any atom is -0.491 e. The molecule has 0 fully saturated rings. The highest BCUT2D eigenvalue weighted by Gasteiger charge is 2.28. The summed E-state index contributed by atoms with van der Waals surface area (Å²) in [7, 11) is 0. The number of amides is 2. The molecule has 3 aromatic rings. The van der Waals surface area contributed by atoms with Gasteiger partial charge in [0.2, 0.25) is 0 Å². The summed E-state index contributed by atoms with van der Waals surface area (Å²) < 4.78 is 6.28. The van der Waals surface area contributed by atoms with E-state index in [2.05, 4.69) is 12.1 Å². The number of benzene rings is 3. The Hall–Kier alpha value is -3.31. The molecule has 35 heavy (non-hydrogen) atoms. The zero-order chi connectivity index (χ0) is 24.6. The molecule has 1 heterocycles. The molecular weight excluding hydrogens is 460 g/mol. The van der Waals surface area contributed by atoms with Gasteiger partial charge in [-0.2, -0.15) is 0 Å². The van der Waals surface area contributed by atoms with Crippen molar-refractivity contribution in [3.63, 3.8) is 0 Å². The molecule has 0 N–H and O–H groups in total. The number of halogens is 1. The van der Waals surface area contributed by atoms with E-state index < -0.39 is 0 Å². The van der Waals surface area contributed by atoms with Gasteiger partial charge in [-0.25, -0.2) is 0 Å². The van der Waals surface area contributed by atoms with Crippen LogP contribution < -0.4 is 4.74 Å². The number of hydrogen-bond acceptors (Lipinski definition) is 3. The van der Waals surface area contributed by atoms with Gasteiger partial charge in [-0.1, -0.05) is 66.2 Å². The lowest BCUT2D eigenvalue weighted by molar-refractivity contribution is 0.0586. The molecule has 1 atom stereocenters. The molecule has 4 rings (SSSR count). The van der Waals surface area contributed by atoms with E-state index in [9.17, 15) is 9.59 Å². The third-order valence-electron chi connectivity index (χ3n) is 6.41. The Labute approximate surface area is 212 Å². The highest BCUT2D eigenvalue weighted by Crippen LogP contribution is 2.25. The third-order valence-corrected chi connectivity index (χ3v) is 6.74. The van der Waals surface area contributed by atoms with E-state index in [-0.39, 0.29) is 24.5 Å². The molecule has 1 aliphatic rings. The summed E-state index contributed by atoms with van der Waals surface area (Å²) >= 11 is 6.42. The molecule has 0 unspecified atom stereocenters. The van der Waals surface area contributed by atoms with Crippen LogP contribution in [0, 0.1) is 0 Å². The van der Waals surface area contributed by atoms with Crippen molar-refractivity contribution in [3.05, 3.63) is 101 Å². The Kier molecular flexibility index (Phi) is 8.43. The van der Waals surface area contributed by atoms with E-state index in [0.29, 0.717) is 48.0 Å². The van der Waals surface area contributed by atoms with E-state index >= 15 is 0 Å². The van der Waals surface area contributed by atoms with Crippen molar-refractivity contribution in [2.45, 2.75) is 32.2 Å². The van der Waals surface area contributed by atoms with Crippen molar-refractivity contribution in [3.8, 4) is 5.75 Å². The van der Waals surface area contributed by atoms with Crippen molar-refractivity contribution in [1.82, 2.24) is 9.80 Å². The van der Waals surface area contributed by atoms with Crippen LogP contribution in [0.3, 0.4) is 0 Å². The molecule has 5 nitrogen and oxygen atoms in total. The fraction of sp³-hybridized carbons (Fsp3) is 0.310. The first-order valence-electron chi connectivity index (χ1n) is 12.2. The largest absolute Gasteiger partial charge is 0.491 e. The Morgan fingerprint density at radius 2 is 1.63 bits per heavy atom. The van der Waals surface area contributed by atoms with Crippen molar-refractivity contribution in [2.24, 2.45) is 0 Å². The molecule has 0 saturated heterocycles. The number of fused-ring (bicyclic) bond motifs is 1. The second kappa shape index (κ2) is 11.9. The maximum absolute atomic E-state index is 13.8. The molecule has 3 aromatic carbocycles. The maximum Gasteiger partial charge on any atom is 0.257 e. The number of rotatable bonds is 4. The summed E-state index contributed by atoms with van der Waals surface area (Å²) in [4.78, 5) is 30.7. The lowest BCUT2D eigenvalue weighted by atomic mass is 10.0. The van der Waals surface area contributed by atoms with Gasteiger partial charge < -0.3 is 14.5 Å². The summed E-state index contributed by atoms with van der Waals surface area (Å²) in [6.07, 6.45) is 2.20. The molecule has 6 heteroatoms. The van der Waals surface area contributed by atoms with Gasteiger partial charge in [-0.15, -0.1) is 0 Å². The third kappa shape index (κ3) is 6.04. The van der Waals surface area contributed by atoms with Crippen LogP contribution in [0.15, 0.2) is 78.9 Å². The van der Waals surface area contributed by atoms with Gasteiger partial charge >= 0.3 is 0 Å². The van der Waals surface area contributed by atoms with E-state index in [1.165, 1.54) is 0 Å². The molecule has 182 valence electrons. The molecule has 1 aliphatic heterocycles. The smallest absolute Gasteiger partial charge is 0.257 e. The fourth-order valence-electron chi connectivity index (χ4n) is 4.50. The van der Waals surface area contributed by atoms with Gasteiger partial charge in [0.05, 0.1) is 22.2 Å². The first kappa shape index (κ1) is 24.8. The van der Waals surface area contributed by atoms with Crippen LogP contribution >= 0.6 is 11.6 Å². The summed E-state index contributed by atoms with van der Waals surface area (Å²) in [5.74, 6) is 0.418. The Morgan fingerprint density at radius 1 is 0.943 bits per heavy atom. The molecule has 0 spiro atoms. The highest BCUT2D eigenvalue weighted by atomic mass is 35.5. The average molecular weight is 491 g/mol. The van der Waals surface area contributed by atoms with Crippen LogP contribution in [-0.2, 0) is 6.42 Å². The van der Waals surface area contributed by atoms with Crippen molar-refractivity contribution in [2.75, 3.05) is 26.2 Å². The van der Waals surface area contributed by atoms with Gasteiger partial charge in [-0.05, 0) is 56.0 Å². The predicted octanol–water partition coefficient (Wildman–Crippen LogP) is 5.73. The van der Waals surface area contributed by atoms with Crippen LogP contribution in [0.1, 0.15) is 46.0 Å². The Bertz CT molecular complexity index is 1150. The SMILES string of the molecule is CCN1CCCCN(C(=O)c2ccccc2Cl)[C@H](Cc2ccccc2)COc2ccccc2C1=O. The minimum atomic E-state index is -0.231. The molecule has 0 aliphatic carbocycles. The van der Waals surface area contributed by atoms with Crippen LogP contribution in [0.4, 0.5) is 0 Å².